The van der Waals surface area contributed by atoms with Gasteiger partial charge in [-0.2, -0.15) is 0 Å². The first-order chi connectivity index (χ1) is 11.9. The number of rotatable bonds is 1. The number of hydrogen-bond donors (Lipinski definition) is 0. The summed E-state index contributed by atoms with van der Waals surface area (Å²) in [6, 6.07) is 12.8. The molecule has 0 atom stereocenters. The predicted molar refractivity (Wildman–Crippen MR) is 108 cm³/mol. The summed E-state index contributed by atoms with van der Waals surface area (Å²) in [6.07, 6.45) is 4.42. The number of fused-ring (bicyclic) bond motifs is 2. The van der Waals surface area contributed by atoms with Crippen LogP contribution in [0.2, 0.25) is 5.02 Å². The smallest absolute Gasteiger partial charge is 0.215 e. The SMILES string of the molecule is Cc1cc(C)c2c(c1)c(/C=C1\Sc3ccc(Cl)cc3N1C)cc[n+]2C. The molecule has 1 aromatic heterocycles. The van der Waals surface area contributed by atoms with Gasteiger partial charge in [0.2, 0.25) is 5.52 Å². The quantitative estimate of drug-likeness (QED) is 0.526. The molecule has 2 nitrogen and oxygen atoms in total. The zero-order valence-electron chi connectivity index (χ0n) is 14.8. The van der Waals surface area contributed by atoms with Gasteiger partial charge < -0.3 is 4.90 Å². The van der Waals surface area contributed by atoms with Gasteiger partial charge in [0, 0.05) is 28.6 Å². The fraction of sp³-hybridized carbons (Fsp3) is 0.190. The Morgan fingerprint density at radius 3 is 2.72 bits per heavy atom. The summed E-state index contributed by atoms with van der Waals surface area (Å²) in [5.74, 6) is 0. The molecule has 4 heteroatoms. The van der Waals surface area contributed by atoms with Crippen molar-refractivity contribution in [2.75, 3.05) is 11.9 Å². The van der Waals surface area contributed by atoms with Crippen LogP contribution >= 0.6 is 23.4 Å². The molecule has 1 aliphatic heterocycles. The summed E-state index contributed by atoms with van der Waals surface area (Å²) in [5.41, 5.74) is 6.29. The second-order valence-corrected chi connectivity index (χ2v) is 8.11. The highest BCUT2D eigenvalue weighted by molar-refractivity contribution is 8.03. The molecule has 0 aliphatic carbocycles. The molecule has 126 valence electrons. The number of pyridine rings is 1. The van der Waals surface area contributed by atoms with Crippen LogP contribution < -0.4 is 9.47 Å². The van der Waals surface area contributed by atoms with Gasteiger partial charge in [0.1, 0.15) is 7.05 Å². The number of aromatic nitrogens is 1. The monoisotopic (exact) mass is 367 g/mol. The number of thioether (sulfide) groups is 1. The molecular formula is C21H20ClN2S+. The lowest BCUT2D eigenvalue weighted by Crippen LogP contribution is -2.29. The molecule has 0 radical (unpaired) electrons. The van der Waals surface area contributed by atoms with E-state index in [1.165, 1.54) is 43.2 Å². The van der Waals surface area contributed by atoms with E-state index in [9.17, 15) is 0 Å². The number of benzene rings is 2. The summed E-state index contributed by atoms with van der Waals surface area (Å²) in [7, 11) is 4.21. The van der Waals surface area contributed by atoms with E-state index < -0.39 is 0 Å². The number of halogens is 1. The highest BCUT2D eigenvalue weighted by Gasteiger charge is 2.23. The van der Waals surface area contributed by atoms with Crippen molar-refractivity contribution in [1.29, 1.82) is 0 Å². The molecule has 0 bridgehead atoms. The van der Waals surface area contributed by atoms with Crippen LogP contribution in [0.3, 0.4) is 0 Å². The van der Waals surface area contributed by atoms with Crippen LogP contribution in [-0.4, -0.2) is 7.05 Å². The predicted octanol–water partition coefficient (Wildman–Crippen LogP) is 5.48. The van der Waals surface area contributed by atoms with E-state index in [4.69, 9.17) is 11.6 Å². The van der Waals surface area contributed by atoms with Crippen molar-refractivity contribution in [3.05, 3.63) is 69.3 Å². The Balaban J connectivity index is 1.87. The maximum atomic E-state index is 6.17. The summed E-state index contributed by atoms with van der Waals surface area (Å²) in [6.45, 7) is 4.34. The largest absolute Gasteiger partial charge is 0.338 e. The zero-order chi connectivity index (χ0) is 17.7. The van der Waals surface area contributed by atoms with E-state index in [1.807, 2.05) is 12.1 Å². The summed E-state index contributed by atoms with van der Waals surface area (Å²) in [5, 5.41) is 3.28. The average Bonchev–Trinajstić information content (AvgIpc) is 2.85. The van der Waals surface area contributed by atoms with Crippen LogP contribution in [0.25, 0.3) is 17.0 Å². The molecule has 0 unspecified atom stereocenters. The van der Waals surface area contributed by atoms with E-state index in [0.717, 1.165) is 5.02 Å². The van der Waals surface area contributed by atoms with Gasteiger partial charge in [-0.05, 0) is 61.4 Å². The van der Waals surface area contributed by atoms with Crippen molar-refractivity contribution in [3.8, 4) is 0 Å². The molecule has 0 spiro atoms. The molecular weight excluding hydrogens is 348 g/mol. The van der Waals surface area contributed by atoms with E-state index in [2.05, 4.69) is 73.9 Å². The molecule has 1 aliphatic rings. The molecule has 2 heterocycles. The lowest BCUT2D eigenvalue weighted by Gasteiger charge is -2.14. The van der Waals surface area contributed by atoms with Crippen LogP contribution in [-0.2, 0) is 7.05 Å². The maximum absolute atomic E-state index is 6.17. The lowest BCUT2D eigenvalue weighted by molar-refractivity contribution is -0.645. The summed E-state index contributed by atoms with van der Waals surface area (Å²) in [4.78, 5) is 3.46. The molecule has 0 saturated heterocycles. The van der Waals surface area contributed by atoms with Gasteiger partial charge in [0.25, 0.3) is 0 Å². The lowest BCUT2D eigenvalue weighted by atomic mass is 10.0. The van der Waals surface area contributed by atoms with Crippen molar-refractivity contribution in [3.63, 3.8) is 0 Å². The summed E-state index contributed by atoms with van der Waals surface area (Å²) < 4.78 is 2.20. The maximum Gasteiger partial charge on any atom is 0.215 e. The van der Waals surface area contributed by atoms with E-state index in [0.29, 0.717) is 0 Å². The Hall–Kier alpha value is -1.97. The average molecular weight is 368 g/mol. The number of anilines is 1. The van der Waals surface area contributed by atoms with Gasteiger partial charge in [-0.1, -0.05) is 23.4 Å². The van der Waals surface area contributed by atoms with Crippen LogP contribution in [0, 0.1) is 13.8 Å². The number of nitrogens with zero attached hydrogens (tertiary/aromatic N) is 2. The van der Waals surface area contributed by atoms with E-state index >= 15 is 0 Å². The third-order valence-corrected chi connectivity index (χ3v) is 6.09. The van der Waals surface area contributed by atoms with Gasteiger partial charge in [0.05, 0.1) is 16.1 Å². The fourth-order valence-corrected chi connectivity index (χ4v) is 4.78. The minimum Gasteiger partial charge on any atom is -0.338 e. The van der Waals surface area contributed by atoms with Gasteiger partial charge in [-0.25, -0.2) is 4.57 Å². The van der Waals surface area contributed by atoms with Crippen molar-refractivity contribution >= 4 is 46.0 Å². The molecule has 3 aromatic rings. The van der Waals surface area contributed by atoms with E-state index in [-0.39, 0.29) is 0 Å². The Morgan fingerprint density at radius 1 is 1.12 bits per heavy atom. The van der Waals surface area contributed by atoms with Crippen LogP contribution in [0.4, 0.5) is 5.69 Å². The zero-order valence-corrected chi connectivity index (χ0v) is 16.4. The van der Waals surface area contributed by atoms with Crippen molar-refractivity contribution in [2.45, 2.75) is 18.7 Å². The van der Waals surface area contributed by atoms with E-state index in [1.54, 1.807) is 11.8 Å². The number of aryl methyl sites for hydroxylation is 3. The minimum atomic E-state index is 0.774. The molecule has 25 heavy (non-hydrogen) atoms. The second-order valence-electron chi connectivity index (χ2n) is 6.62. The number of hydrogen-bond acceptors (Lipinski definition) is 2. The fourth-order valence-electron chi connectivity index (χ4n) is 3.53. The van der Waals surface area contributed by atoms with Crippen LogP contribution in [0.1, 0.15) is 16.7 Å². The molecule has 0 saturated carbocycles. The van der Waals surface area contributed by atoms with Gasteiger partial charge in [-0.15, -0.1) is 0 Å². The molecule has 0 N–H and O–H groups in total. The first kappa shape index (κ1) is 16.5. The Kier molecular flexibility index (Phi) is 4.01. The Morgan fingerprint density at radius 2 is 1.92 bits per heavy atom. The molecule has 0 fully saturated rings. The highest BCUT2D eigenvalue weighted by Crippen LogP contribution is 2.46. The van der Waals surface area contributed by atoms with Gasteiger partial charge in [0.15, 0.2) is 6.20 Å². The van der Waals surface area contributed by atoms with Gasteiger partial charge >= 0.3 is 0 Å². The topological polar surface area (TPSA) is 7.12 Å². The molecule has 4 rings (SSSR count). The van der Waals surface area contributed by atoms with Crippen LogP contribution in [0.5, 0.6) is 0 Å². The van der Waals surface area contributed by atoms with Crippen molar-refractivity contribution in [1.82, 2.24) is 0 Å². The minimum absolute atomic E-state index is 0.774. The van der Waals surface area contributed by atoms with Crippen molar-refractivity contribution < 1.29 is 4.57 Å². The standard InChI is InChI=1S/C21H20ClN2S/c1-13-9-14(2)21-17(10-13)15(7-8-23(21)3)11-20-24(4)18-12-16(22)5-6-19(18)25-20/h5-12H,1-4H3/q+1. The Bertz CT molecular complexity index is 1040. The normalized spacial score (nSPS) is 15.2. The van der Waals surface area contributed by atoms with Crippen LogP contribution in [0.15, 0.2) is 52.5 Å². The highest BCUT2D eigenvalue weighted by atomic mass is 35.5. The first-order valence-corrected chi connectivity index (χ1v) is 9.46. The van der Waals surface area contributed by atoms with Gasteiger partial charge in [-0.3, -0.25) is 0 Å². The first-order valence-electron chi connectivity index (χ1n) is 8.26. The Labute approximate surface area is 157 Å². The third kappa shape index (κ3) is 2.82. The molecule has 2 aromatic carbocycles. The van der Waals surface area contributed by atoms with Crippen molar-refractivity contribution in [2.24, 2.45) is 7.05 Å². The second kappa shape index (κ2) is 6.08. The third-order valence-electron chi connectivity index (χ3n) is 4.69. The summed E-state index contributed by atoms with van der Waals surface area (Å²) >= 11 is 7.96. The molecule has 0 amide bonds.